The Kier molecular flexibility index (Phi) is 6.85. The van der Waals surface area contributed by atoms with Gasteiger partial charge >= 0.3 is 0 Å². The Morgan fingerprint density at radius 2 is 0.514 bits per heavy atom. The fourth-order valence-corrected chi connectivity index (χ4v) is 9.87. The van der Waals surface area contributed by atoms with Crippen molar-refractivity contribution < 1.29 is 0 Å². The van der Waals surface area contributed by atoms with Gasteiger partial charge in [-0.05, 0) is 113 Å². The molecule has 0 spiro atoms. The normalized spacial score (nSPS) is 12.7. The molecule has 0 amide bonds. The van der Waals surface area contributed by atoms with Crippen molar-refractivity contribution in [2.45, 2.75) is 59.1 Å². The van der Waals surface area contributed by atoms with Gasteiger partial charge in [0.2, 0.25) is 0 Å². The summed E-state index contributed by atoms with van der Waals surface area (Å²) in [6.07, 6.45) is 0. The van der Waals surface area contributed by atoms with E-state index >= 15 is 0 Å². The average Bonchev–Trinajstić information content (AvgIpc) is 3.21. The molecule has 35 heavy (non-hydrogen) atoms. The molecule has 0 nitrogen and oxygen atoms in total. The molecule has 5 heteroatoms. The van der Waals surface area contributed by atoms with Crippen LogP contribution >= 0.6 is 58.8 Å². The molecule has 0 aromatic heterocycles. The van der Waals surface area contributed by atoms with Crippen molar-refractivity contribution in [1.29, 1.82) is 0 Å². The van der Waals surface area contributed by atoms with Crippen molar-refractivity contribution in [2.24, 2.45) is 0 Å². The summed E-state index contributed by atoms with van der Waals surface area (Å²) in [7, 11) is 0. The number of rotatable bonds is 10. The lowest BCUT2D eigenvalue weighted by Crippen LogP contribution is -1.87. The van der Waals surface area contributed by atoms with Crippen molar-refractivity contribution >= 4 is 113 Å². The Balaban J connectivity index is 1.94. The van der Waals surface area contributed by atoms with Crippen LogP contribution in [0.25, 0.3) is 53.9 Å². The molecule has 0 fully saturated rings. The molecular weight excluding hydrogens is 521 g/mol. The zero-order valence-corrected chi connectivity index (χ0v) is 25.0. The monoisotopic (exact) mass is 550 g/mol. The van der Waals surface area contributed by atoms with E-state index in [-0.39, 0.29) is 0 Å². The van der Waals surface area contributed by atoms with E-state index in [2.05, 4.69) is 65.0 Å². The van der Waals surface area contributed by atoms with Crippen molar-refractivity contribution in [1.82, 2.24) is 0 Å². The van der Waals surface area contributed by atoms with Crippen molar-refractivity contribution in [3.05, 3.63) is 30.3 Å². The Hall–Kier alpha value is -0.850. The molecule has 0 saturated carbocycles. The van der Waals surface area contributed by atoms with Crippen LogP contribution in [0.1, 0.15) is 34.6 Å². The molecule has 6 aromatic carbocycles. The summed E-state index contributed by atoms with van der Waals surface area (Å²) in [5.41, 5.74) is 0. The van der Waals surface area contributed by atoms with Crippen LogP contribution in [0.4, 0.5) is 0 Å². The second-order valence-electron chi connectivity index (χ2n) is 8.65. The van der Waals surface area contributed by atoms with Crippen LogP contribution in [0, 0.1) is 0 Å². The summed E-state index contributed by atoms with van der Waals surface area (Å²) in [5, 5.41) is 14.9. The highest BCUT2D eigenvalue weighted by molar-refractivity contribution is 8.00. The van der Waals surface area contributed by atoms with Gasteiger partial charge < -0.3 is 0 Å². The SMILES string of the molecule is CCSc1cc2c(SCC)cc3c(SCC)cc4c(SCC)cc5c(SCC)cc1c1c5c4c3c21. The lowest BCUT2D eigenvalue weighted by molar-refractivity contribution is 1.44. The summed E-state index contributed by atoms with van der Waals surface area (Å²) in [6, 6.07) is 12.6. The molecule has 0 aliphatic heterocycles. The van der Waals surface area contributed by atoms with Gasteiger partial charge in [0.25, 0.3) is 0 Å². The average molecular weight is 551 g/mol. The van der Waals surface area contributed by atoms with Crippen LogP contribution in [0.5, 0.6) is 0 Å². The van der Waals surface area contributed by atoms with Gasteiger partial charge in [0.1, 0.15) is 0 Å². The summed E-state index contributed by atoms with van der Waals surface area (Å²) in [6.45, 7) is 11.4. The highest BCUT2D eigenvalue weighted by Gasteiger charge is 2.27. The van der Waals surface area contributed by atoms with E-state index in [1.165, 1.54) is 78.3 Å². The third-order valence-electron chi connectivity index (χ3n) is 6.80. The molecule has 0 N–H and O–H groups in total. The Labute approximate surface area is 229 Å². The van der Waals surface area contributed by atoms with E-state index in [4.69, 9.17) is 0 Å². The first-order valence-corrected chi connectivity index (χ1v) is 17.6. The third-order valence-corrected chi connectivity index (χ3v) is 11.5. The van der Waals surface area contributed by atoms with Gasteiger partial charge in [-0.2, -0.15) is 0 Å². The van der Waals surface area contributed by atoms with Gasteiger partial charge in [0, 0.05) is 24.5 Å². The summed E-state index contributed by atoms with van der Waals surface area (Å²) in [5.74, 6) is 5.48. The maximum atomic E-state index is 2.52. The standard InChI is InChI=1S/C30H30S5/c1-6-31-21-11-17-23(33-8-3)13-19-25(35-10-5)15-20-24(34-9-4)14-18-22(32-7-2)12-16(21)26-27(17)29(19)30(20)28(18)26/h11-15H,6-10H2,1-5H3. The lowest BCUT2D eigenvalue weighted by Gasteiger charge is -2.15. The van der Waals surface area contributed by atoms with Gasteiger partial charge in [-0.3, -0.25) is 0 Å². The number of hydrogen-bond acceptors (Lipinski definition) is 5. The third kappa shape index (κ3) is 3.63. The zero-order chi connectivity index (χ0) is 24.3. The largest absolute Gasteiger partial charge is 0.126 e. The van der Waals surface area contributed by atoms with E-state index in [1.807, 2.05) is 58.8 Å². The first kappa shape index (κ1) is 24.5. The van der Waals surface area contributed by atoms with Crippen LogP contribution in [0.15, 0.2) is 54.8 Å². The van der Waals surface area contributed by atoms with E-state index in [1.54, 1.807) is 0 Å². The zero-order valence-electron chi connectivity index (χ0n) is 21.0. The van der Waals surface area contributed by atoms with E-state index in [0.717, 1.165) is 28.8 Å². The molecule has 0 unspecified atom stereocenters. The smallest absolute Gasteiger partial charge is 0.0158 e. The summed E-state index contributed by atoms with van der Waals surface area (Å²) >= 11 is 10.0. The topological polar surface area (TPSA) is 0 Å². The second kappa shape index (κ2) is 9.79. The van der Waals surface area contributed by atoms with Crippen molar-refractivity contribution in [3.8, 4) is 0 Å². The predicted octanol–water partition coefficient (Wildman–Crippen LogP) is 11.3. The molecule has 0 heterocycles. The highest BCUT2D eigenvalue weighted by Crippen LogP contribution is 2.56. The lowest BCUT2D eigenvalue weighted by atomic mass is 9.99. The van der Waals surface area contributed by atoms with Crippen molar-refractivity contribution in [3.63, 3.8) is 0 Å². The van der Waals surface area contributed by atoms with Gasteiger partial charge in [-0.1, -0.05) is 34.6 Å². The molecule has 180 valence electrons. The fourth-order valence-electron chi connectivity index (χ4n) is 5.72. The molecule has 0 radical (unpaired) electrons. The van der Waals surface area contributed by atoms with Gasteiger partial charge in [0.05, 0.1) is 0 Å². The van der Waals surface area contributed by atoms with Crippen LogP contribution in [-0.2, 0) is 0 Å². The van der Waals surface area contributed by atoms with Gasteiger partial charge in [-0.15, -0.1) is 58.8 Å². The molecular formula is C30H30S5. The first-order chi connectivity index (χ1) is 17.2. The molecule has 0 saturated heterocycles. The minimum Gasteiger partial charge on any atom is -0.126 e. The van der Waals surface area contributed by atoms with Crippen LogP contribution in [0.2, 0.25) is 0 Å². The molecule has 0 aliphatic carbocycles. The Morgan fingerprint density at radius 3 is 0.657 bits per heavy atom. The number of benzene rings is 5. The molecule has 0 bridgehead atoms. The minimum absolute atomic E-state index is 1.10. The summed E-state index contributed by atoms with van der Waals surface area (Å²) < 4.78 is 0. The van der Waals surface area contributed by atoms with E-state index < -0.39 is 0 Å². The molecule has 0 atom stereocenters. The molecule has 0 aliphatic rings. The van der Waals surface area contributed by atoms with Crippen LogP contribution in [-0.4, -0.2) is 28.8 Å². The van der Waals surface area contributed by atoms with Gasteiger partial charge in [-0.25, -0.2) is 0 Å². The minimum atomic E-state index is 1.10. The second-order valence-corrected chi connectivity index (χ2v) is 15.2. The van der Waals surface area contributed by atoms with Gasteiger partial charge in [0.15, 0.2) is 0 Å². The number of hydrogen-bond donors (Lipinski definition) is 0. The molecule has 6 aromatic rings. The van der Waals surface area contributed by atoms with E-state index in [9.17, 15) is 0 Å². The van der Waals surface area contributed by atoms with E-state index in [0.29, 0.717) is 0 Å². The maximum absolute atomic E-state index is 2.52. The quantitative estimate of drug-likeness (QED) is 0.122. The molecule has 6 rings (SSSR count). The summed E-state index contributed by atoms with van der Waals surface area (Å²) in [4.78, 5) is 7.24. The van der Waals surface area contributed by atoms with Crippen LogP contribution < -0.4 is 0 Å². The number of thioether (sulfide) groups is 5. The maximum Gasteiger partial charge on any atom is 0.0158 e. The Morgan fingerprint density at radius 1 is 0.343 bits per heavy atom. The predicted molar refractivity (Wildman–Crippen MR) is 170 cm³/mol. The first-order valence-electron chi connectivity index (χ1n) is 12.6. The van der Waals surface area contributed by atoms with Crippen LogP contribution in [0.3, 0.4) is 0 Å². The highest BCUT2D eigenvalue weighted by atomic mass is 32.2. The van der Waals surface area contributed by atoms with Crippen molar-refractivity contribution in [2.75, 3.05) is 28.8 Å². The Bertz CT molecular complexity index is 1340. The fraction of sp³-hybridized carbons (Fsp3) is 0.333.